The van der Waals surface area contributed by atoms with Gasteiger partial charge in [0, 0.05) is 60.4 Å². The molecule has 2 aromatic heterocycles. The highest BCUT2D eigenvalue weighted by atomic mass is 35.5. The van der Waals surface area contributed by atoms with E-state index in [4.69, 9.17) is 26.3 Å². The van der Waals surface area contributed by atoms with E-state index in [1.807, 2.05) is 13.0 Å². The highest BCUT2D eigenvalue weighted by Crippen LogP contribution is 2.45. The first-order valence-electron chi connectivity index (χ1n) is 12.2. The van der Waals surface area contributed by atoms with Crippen molar-refractivity contribution in [2.75, 3.05) is 54.9 Å². The number of ether oxygens (including phenoxy) is 1. The van der Waals surface area contributed by atoms with Gasteiger partial charge < -0.3 is 19.6 Å². The lowest BCUT2D eigenvalue weighted by molar-refractivity contribution is 0.133. The first-order chi connectivity index (χ1) is 16.9. The van der Waals surface area contributed by atoms with Gasteiger partial charge in [0.15, 0.2) is 5.82 Å². The Hall–Kier alpha value is -1.46. The number of aliphatic hydroxyl groups is 1. The molecule has 2 spiro atoms. The minimum absolute atomic E-state index is 0.0546. The van der Waals surface area contributed by atoms with E-state index in [2.05, 4.69) is 14.8 Å². The molecular formula is C24H30ClN5O3S2. The minimum Gasteiger partial charge on any atom is -0.390 e. The Kier molecular flexibility index (Phi) is 6.24. The lowest BCUT2D eigenvalue weighted by atomic mass is 9.78. The van der Waals surface area contributed by atoms with E-state index >= 15 is 0 Å². The van der Waals surface area contributed by atoms with Crippen LogP contribution in [0, 0.1) is 12.3 Å². The number of pyridine rings is 1. The van der Waals surface area contributed by atoms with E-state index in [1.165, 1.54) is 11.8 Å². The fraction of sp³-hybridized carbons (Fsp3) is 0.625. The number of nitrogens with zero attached hydrogens (tertiary/aromatic N) is 5. The highest BCUT2D eigenvalue weighted by Gasteiger charge is 2.54. The maximum absolute atomic E-state index is 12.1. The zero-order chi connectivity index (χ0) is 24.2. The summed E-state index contributed by atoms with van der Waals surface area (Å²) in [5, 5.41) is 11.4. The topological polar surface area (TPSA) is 91.7 Å². The van der Waals surface area contributed by atoms with Crippen molar-refractivity contribution in [2.45, 2.75) is 53.9 Å². The zero-order valence-corrected chi connectivity index (χ0v) is 22.2. The van der Waals surface area contributed by atoms with Gasteiger partial charge in [-0.15, -0.1) is 0 Å². The molecule has 6 rings (SSSR count). The van der Waals surface area contributed by atoms with Gasteiger partial charge in [0.2, 0.25) is 0 Å². The van der Waals surface area contributed by atoms with Crippen LogP contribution >= 0.6 is 23.4 Å². The molecule has 4 fully saturated rings. The number of halogens is 1. The van der Waals surface area contributed by atoms with Gasteiger partial charge >= 0.3 is 0 Å². The lowest BCUT2D eigenvalue weighted by Gasteiger charge is -2.55. The van der Waals surface area contributed by atoms with Gasteiger partial charge in [-0.25, -0.2) is 15.0 Å². The summed E-state index contributed by atoms with van der Waals surface area (Å²) in [5.74, 6) is 2.32. The molecule has 1 atom stereocenters. The maximum Gasteiger partial charge on any atom is 0.153 e. The Morgan fingerprint density at radius 1 is 1.17 bits per heavy atom. The van der Waals surface area contributed by atoms with E-state index in [0.717, 1.165) is 98.1 Å². The standard InChI is InChI=1S/C24H30ClN5O3S2/c1-16-22(28-17(12-31)20(27-16)29-8-3-23(4-9-29)5-10-33-15-23)34-18-2-7-26-21(19(18)25)30-13-24(14-30)6-11-35(24)32/h2,7,31H,3-6,8-15H2,1H3. The Morgan fingerprint density at radius 2 is 1.97 bits per heavy atom. The van der Waals surface area contributed by atoms with Crippen LogP contribution in [0.4, 0.5) is 11.6 Å². The SMILES string of the molecule is Cc1nc(N2CCC3(CCOC3)CC2)c(CO)nc1Sc1ccnc(N2CC3(CCS3=O)C2)c1Cl. The van der Waals surface area contributed by atoms with Crippen molar-refractivity contribution in [2.24, 2.45) is 5.41 Å². The molecular weight excluding hydrogens is 506 g/mol. The average molecular weight is 536 g/mol. The average Bonchev–Trinajstić information content (AvgIpc) is 3.29. The van der Waals surface area contributed by atoms with Gasteiger partial charge in [0.05, 0.1) is 28.7 Å². The van der Waals surface area contributed by atoms with E-state index in [9.17, 15) is 9.32 Å². The second-order valence-electron chi connectivity index (χ2n) is 10.2. The molecule has 11 heteroatoms. The largest absolute Gasteiger partial charge is 0.390 e. The molecule has 0 aromatic carbocycles. The van der Waals surface area contributed by atoms with E-state index < -0.39 is 10.8 Å². The number of aromatic nitrogens is 3. The number of hydrogen-bond acceptors (Lipinski definition) is 9. The molecule has 188 valence electrons. The molecule has 8 nitrogen and oxygen atoms in total. The Bertz CT molecular complexity index is 1160. The number of piperidine rings is 1. The second kappa shape index (κ2) is 9.13. The van der Waals surface area contributed by atoms with Gasteiger partial charge in [0.25, 0.3) is 0 Å². The molecule has 0 bridgehead atoms. The van der Waals surface area contributed by atoms with Gasteiger partial charge in [-0.2, -0.15) is 0 Å². The number of rotatable bonds is 5. The molecule has 4 saturated heterocycles. The third-order valence-corrected chi connectivity index (χ3v) is 11.7. The summed E-state index contributed by atoms with van der Waals surface area (Å²) >= 11 is 8.23. The summed E-state index contributed by atoms with van der Waals surface area (Å²) in [6.45, 7) is 6.80. The minimum atomic E-state index is -0.731. The summed E-state index contributed by atoms with van der Waals surface area (Å²) in [5.41, 5.74) is 1.72. The summed E-state index contributed by atoms with van der Waals surface area (Å²) in [6, 6.07) is 1.88. The smallest absolute Gasteiger partial charge is 0.153 e. The molecule has 0 amide bonds. The number of hydrogen-bond donors (Lipinski definition) is 1. The zero-order valence-electron chi connectivity index (χ0n) is 19.8. The number of aliphatic hydroxyl groups excluding tert-OH is 1. The van der Waals surface area contributed by atoms with Crippen LogP contribution in [-0.4, -0.2) is 74.2 Å². The molecule has 1 N–H and O–H groups in total. The molecule has 0 saturated carbocycles. The van der Waals surface area contributed by atoms with Crippen LogP contribution in [0.3, 0.4) is 0 Å². The second-order valence-corrected chi connectivity index (χ2v) is 13.6. The van der Waals surface area contributed by atoms with Crippen molar-refractivity contribution < 1.29 is 14.1 Å². The first-order valence-corrected chi connectivity index (χ1v) is 14.7. The van der Waals surface area contributed by atoms with Crippen LogP contribution in [0.1, 0.15) is 37.1 Å². The van der Waals surface area contributed by atoms with Gasteiger partial charge in [-0.05, 0) is 44.1 Å². The lowest BCUT2D eigenvalue weighted by Crippen LogP contribution is -2.70. The van der Waals surface area contributed by atoms with Crippen LogP contribution in [0.5, 0.6) is 0 Å². The molecule has 1 unspecified atom stereocenters. The third-order valence-electron chi connectivity index (χ3n) is 8.06. The summed E-state index contributed by atoms with van der Waals surface area (Å²) < 4.78 is 17.7. The first kappa shape index (κ1) is 23.9. The van der Waals surface area contributed by atoms with Gasteiger partial charge in [0.1, 0.15) is 16.5 Å². The summed E-state index contributed by atoms with van der Waals surface area (Å²) in [4.78, 5) is 19.4. The Morgan fingerprint density at radius 3 is 2.60 bits per heavy atom. The quantitative estimate of drug-likeness (QED) is 0.619. The van der Waals surface area contributed by atoms with Crippen molar-refractivity contribution in [3.63, 3.8) is 0 Å². The molecule has 4 aliphatic rings. The molecule has 6 heterocycles. The van der Waals surface area contributed by atoms with Crippen LogP contribution in [-0.2, 0) is 22.1 Å². The number of anilines is 2. The van der Waals surface area contributed by atoms with Crippen molar-refractivity contribution in [3.05, 3.63) is 28.7 Å². The van der Waals surface area contributed by atoms with Gasteiger partial charge in [-0.3, -0.25) is 4.21 Å². The van der Waals surface area contributed by atoms with E-state index in [1.54, 1.807) is 6.20 Å². The summed E-state index contributed by atoms with van der Waals surface area (Å²) in [6.07, 6.45) is 6.07. The van der Waals surface area contributed by atoms with Crippen LogP contribution in [0.2, 0.25) is 5.02 Å². The predicted octanol–water partition coefficient (Wildman–Crippen LogP) is 3.20. The van der Waals surface area contributed by atoms with Crippen molar-refractivity contribution in [1.29, 1.82) is 0 Å². The molecule has 2 aromatic rings. The fourth-order valence-corrected chi connectivity index (χ4v) is 8.37. The van der Waals surface area contributed by atoms with E-state index in [0.29, 0.717) is 16.1 Å². The van der Waals surface area contributed by atoms with E-state index in [-0.39, 0.29) is 11.4 Å². The van der Waals surface area contributed by atoms with Crippen LogP contribution < -0.4 is 9.80 Å². The Labute approximate surface area is 217 Å². The number of aryl methyl sites for hydroxylation is 1. The normalized spacial score (nSPS) is 24.6. The monoisotopic (exact) mass is 535 g/mol. The predicted molar refractivity (Wildman–Crippen MR) is 138 cm³/mol. The van der Waals surface area contributed by atoms with Crippen LogP contribution in [0.15, 0.2) is 22.2 Å². The molecule has 35 heavy (non-hydrogen) atoms. The van der Waals surface area contributed by atoms with Crippen LogP contribution in [0.25, 0.3) is 0 Å². The fourth-order valence-electron chi connectivity index (χ4n) is 5.61. The highest BCUT2D eigenvalue weighted by molar-refractivity contribution is 7.99. The van der Waals surface area contributed by atoms with Crippen molar-refractivity contribution in [1.82, 2.24) is 15.0 Å². The third kappa shape index (κ3) is 4.15. The van der Waals surface area contributed by atoms with Crippen molar-refractivity contribution in [3.8, 4) is 0 Å². The molecule has 0 radical (unpaired) electrons. The Balaban J connectivity index is 1.20. The molecule has 0 aliphatic carbocycles. The molecule has 4 aliphatic heterocycles. The van der Waals surface area contributed by atoms with Gasteiger partial charge in [-0.1, -0.05) is 23.4 Å². The van der Waals surface area contributed by atoms with Crippen molar-refractivity contribution >= 4 is 45.8 Å². The maximum atomic E-state index is 12.1. The summed E-state index contributed by atoms with van der Waals surface area (Å²) in [7, 11) is -0.731.